The van der Waals surface area contributed by atoms with Crippen molar-refractivity contribution in [1.82, 2.24) is 9.55 Å². The van der Waals surface area contributed by atoms with Gasteiger partial charge in [0.2, 0.25) is 5.91 Å². The zero-order valence-electron chi connectivity index (χ0n) is 17.0. The van der Waals surface area contributed by atoms with Crippen molar-refractivity contribution in [1.29, 1.82) is 0 Å². The van der Waals surface area contributed by atoms with Crippen LogP contribution in [0.25, 0.3) is 10.2 Å². The molecule has 0 aliphatic rings. The number of nitrogens with one attached hydrogen (secondary N) is 1. The van der Waals surface area contributed by atoms with Gasteiger partial charge in [-0.1, -0.05) is 0 Å². The average molecular weight is 431 g/mol. The highest BCUT2D eigenvalue weighted by atomic mass is 32.1. The normalized spacial score (nSPS) is 10.7. The number of aromatic nitrogens is 2. The van der Waals surface area contributed by atoms with Gasteiger partial charge in [0.1, 0.15) is 27.8 Å². The van der Waals surface area contributed by atoms with Crippen LogP contribution >= 0.6 is 11.3 Å². The monoisotopic (exact) mass is 431 g/mol. The molecule has 0 aliphatic heterocycles. The minimum atomic E-state index is -0.492. The van der Waals surface area contributed by atoms with E-state index in [0.717, 1.165) is 11.3 Å². The molecule has 2 aromatic heterocycles. The van der Waals surface area contributed by atoms with Crippen LogP contribution in [-0.4, -0.2) is 42.3 Å². The molecule has 3 aromatic rings. The molecule has 0 bridgehead atoms. The fraction of sp³-hybridized carbons (Fsp3) is 0.300. The summed E-state index contributed by atoms with van der Waals surface area (Å²) in [6.07, 6.45) is 1.29. The number of ether oxygens (including phenoxy) is 3. The van der Waals surface area contributed by atoms with E-state index in [1.54, 1.807) is 32.0 Å². The van der Waals surface area contributed by atoms with Gasteiger partial charge in [0.15, 0.2) is 0 Å². The SMILES string of the molecule is CCOC(=O)c1sc2ncn(CC(=O)Nc3cc(OC)cc(OC)c3)c(=O)c2c1C. The lowest BCUT2D eigenvalue weighted by Gasteiger charge is -2.10. The third-order valence-electron chi connectivity index (χ3n) is 4.33. The number of fused-ring (bicyclic) bond motifs is 1. The van der Waals surface area contributed by atoms with E-state index in [9.17, 15) is 14.4 Å². The number of hydrogen-bond donors (Lipinski definition) is 1. The number of methoxy groups -OCH3 is 2. The van der Waals surface area contributed by atoms with Crippen LogP contribution in [0.15, 0.2) is 29.3 Å². The molecule has 0 unspecified atom stereocenters. The number of rotatable bonds is 7. The second-order valence-electron chi connectivity index (χ2n) is 6.28. The van der Waals surface area contributed by atoms with E-state index >= 15 is 0 Å². The molecule has 9 nitrogen and oxygen atoms in total. The topological polar surface area (TPSA) is 109 Å². The molecule has 0 saturated heterocycles. The smallest absolute Gasteiger partial charge is 0.348 e. The third-order valence-corrected chi connectivity index (χ3v) is 5.51. The first-order valence-corrected chi connectivity index (χ1v) is 9.88. The second-order valence-corrected chi connectivity index (χ2v) is 7.28. The summed E-state index contributed by atoms with van der Waals surface area (Å²) >= 11 is 1.10. The Labute approximate surface area is 176 Å². The molecule has 0 aliphatic carbocycles. The molecule has 158 valence electrons. The van der Waals surface area contributed by atoms with Crippen LogP contribution in [0.3, 0.4) is 0 Å². The molecular formula is C20H21N3O6S. The number of amides is 1. The minimum Gasteiger partial charge on any atom is -0.497 e. The zero-order valence-corrected chi connectivity index (χ0v) is 17.8. The predicted octanol–water partition coefficient (Wildman–Crippen LogP) is 2.60. The van der Waals surface area contributed by atoms with Gasteiger partial charge in [-0.25, -0.2) is 9.78 Å². The van der Waals surface area contributed by atoms with Crippen molar-refractivity contribution >= 4 is 39.1 Å². The Bertz CT molecular complexity index is 1150. The summed E-state index contributed by atoms with van der Waals surface area (Å²) in [5.74, 6) is 0.122. The fourth-order valence-electron chi connectivity index (χ4n) is 2.90. The number of benzene rings is 1. The van der Waals surface area contributed by atoms with Gasteiger partial charge >= 0.3 is 5.97 Å². The van der Waals surface area contributed by atoms with Crippen LogP contribution in [0.4, 0.5) is 5.69 Å². The van der Waals surface area contributed by atoms with Crippen molar-refractivity contribution in [2.45, 2.75) is 20.4 Å². The van der Waals surface area contributed by atoms with Gasteiger partial charge in [-0.3, -0.25) is 14.2 Å². The van der Waals surface area contributed by atoms with Gasteiger partial charge in [-0.05, 0) is 19.4 Å². The highest BCUT2D eigenvalue weighted by Gasteiger charge is 2.20. The number of carbonyl (C=O) groups excluding carboxylic acids is 2. The van der Waals surface area contributed by atoms with Gasteiger partial charge < -0.3 is 19.5 Å². The van der Waals surface area contributed by atoms with E-state index in [4.69, 9.17) is 14.2 Å². The Morgan fingerprint density at radius 2 is 1.83 bits per heavy atom. The van der Waals surface area contributed by atoms with Gasteiger partial charge in [0.05, 0.1) is 32.5 Å². The van der Waals surface area contributed by atoms with Crippen LogP contribution in [0.1, 0.15) is 22.2 Å². The molecule has 1 aromatic carbocycles. The predicted molar refractivity (Wildman–Crippen MR) is 113 cm³/mol. The summed E-state index contributed by atoms with van der Waals surface area (Å²) in [5.41, 5.74) is 0.565. The molecule has 1 amide bonds. The maximum Gasteiger partial charge on any atom is 0.348 e. The molecule has 0 fully saturated rings. The summed E-state index contributed by atoms with van der Waals surface area (Å²) in [4.78, 5) is 42.5. The Morgan fingerprint density at radius 1 is 1.17 bits per heavy atom. The molecule has 10 heteroatoms. The summed E-state index contributed by atoms with van der Waals surface area (Å²) in [6.45, 7) is 3.37. The van der Waals surface area contributed by atoms with E-state index in [1.165, 1.54) is 25.1 Å². The Kier molecular flexibility index (Phi) is 6.36. The number of hydrogen-bond acceptors (Lipinski definition) is 8. The van der Waals surface area contributed by atoms with Crippen LogP contribution in [0.5, 0.6) is 11.5 Å². The summed E-state index contributed by atoms with van der Waals surface area (Å²) in [6, 6.07) is 4.96. The number of anilines is 1. The summed E-state index contributed by atoms with van der Waals surface area (Å²) in [7, 11) is 3.02. The molecule has 3 rings (SSSR count). The lowest BCUT2D eigenvalue weighted by atomic mass is 10.2. The molecule has 0 spiro atoms. The van der Waals surface area contributed by atoms with Crippen LogP contribution < -0.4 is 20.3 Å². The Morgan fingerprint density at radius 3 is 2.43 bits per heavy atom. The van der Waals surface area contributed by atoms with Crippen molar-refractivity contribution in [2.24, 2.45) is 0 Å². The Hall–Kier alpha value is -3.40. The standard InChI is InChI=1S/C20H21N3O6S/c1-5-29-20(26)17-11(2)16-18(30-17)21-10-23(19(16)25)9-15(24)22-12-6-13(27-3)8-14(7-12)28-4/h6-8,10H,5,9H2,1-4H3,(H,22,24). The van der Waals surface area contributed by atoms with Crippen molar-refractivity contribution in [3.8, 4) is 11.5 Å². The first-order valence-electron chi connectivity index (χ1n) is 9.06. The number of aryl methyl sites for hydroxylation is 1. The number of thiophene rings is 1. The maximum atomic E-state index is 12.9. The first-order chi connectivity index (χ1) is 14.4. The molecule has 0 saturated carbocycles. The summed E-state index contributed by atoms with van der Waals surface area (Å²) < 4.78 is 16.6. The first kappa shape index (κ1) is 21.3. The average Bonchev–Trinajstić information content (AvgIpc) is 3.07. The lowest BCUT2D eigenvalue weighted by molar-refractivity contribution is -0.116. The molecule has 30 heavy (non-hydrogen) atoms. The number of esters is 1. The highest BCUT2D eigenvalue weighted by Crippen LogP contribution is 2.28. The van der Waals surface area contributed by atoms with Crippen LogP contribution in [0.2, 0.25) is 0 Å². The number of nitrogens with zero attached hydrogens (tertiary/aromatic N) is 2. The second kappa shape index (κ2) is 8.95. The lowest BCUT2D eigenvalue weighted by Crippen LogP contribution is -2.28. The van der Waals surface area contributed by atoms with Gasteiger partial charge in [-0.15, -0.1) is 11.3 Å². The molecule has 1 N–H and O–H groups in total. The van der Waals surface area contributed by atoms with Crippen molar-refractivity contribution < 1.29 is 23.8 Å². The Balaban J connectivity index is 1.86. The van der Waals surface area contributed by atoms with E-state index < -0.39 is 17.4 Å². The largest absolute Gasteiger partial charge is 0.497 e. The quantitative estimate of drug-likeness (QED) is 0.573. The third kappa shape index (κ3) is 4.28. The van der Waals surface area contributed by atoms with E-state index in [2.05, 4.69) is 10.3 Å². The minimum absolute atomic E-state index is 0.236. The van der Waals surface area contributed by atoms with Crippen molar-refractivity contribution in [3.05, 3.63) is 45.3 Å². The molecule has 2 heterocycles. The van der Waals surface area contributed by atoms with E-state index in [-0.39, 0.29) is 13.2 Å². The van der Waals surface area contributed by atoms with Crippen molar-refractivity contribution in [2.75, 3.05) is 26.1 Å². The van der Waals surface area contributed by atoms with Crippen LogP contribution in [-0.2, 0) is 16.1 Å². The van der Waals surface area contributed by atoms with E-state index in [1.807, 2.05) is 0 Å². The van der Waals surface area contributed by atoms with Gasteiger partial charge in [0, 0.05) is 23.9 Å². The van der Waals surface area contributed by atoms with Gasteiger partial charge in [0.25, 0.3) is 5.56 Å². The molecule has 0 radical (unpaired) electrons. The molecular weight excluding hydrogens is 410 g/mol. The number of carbonyl (C=O) groups is 2. The van der Waals surface area contributed by atoms with Gasteiger partial charge in [-0.2, -0.15) is 0 Å². The highest BCUT2D eigenvalue weighted by molar-refractivity contribution is 7.20. The van der Waals surface area contributed by atoms with Crippen LogP contribution in [0, 0.1) is 6.92 Å². The molecule has 0 atom stereocenters. The van der Waals surface area contributed by atoms with E-state index in [0.29, 0.717) is 37.8 Å². The van der Waals surface area contributed by atoms with Crippen molar-refractivity contribution in [3.63, 3.8) is 0 Å². The fourth-order valence-corrected chi connectivity index (χ4v) is 3.93. The summed E-state index contributed by atoms with van der Waals surface area (Å²) in [5, 5.41) is 3.02. The maximum absolute atomic E-state index is 12.9. The zero-order chi connectivity index (χ0) is 21.8.